The van der Waals surface area contributed by atoms with Crippen LogP contribution in [0.5, 0.6) is 17.2 Å². The van der Waals surface area contributed by atoms with E-state index in [9.17, 15) is 9.59 Å². The number of anilines is 2. The van der Waals surface area contributed by atoms with Crippen molar-refractivity contribution < 1.29 is 28.5 Å². The molecule has 2 amide bonds. The fraction of sp³-hybridized carbons (Fsp3) is 0.391. The van der Waals surface area contributed by atoms with E-state index in [1.54, 1.807) is 48.4 Å². The van der Waals surface area contributed by atoms with E-state index in [0.717, 1.165) is 19.6 Å². The average molecular weight is 441 g/mol. The summed E-state index contributed by atoms with van der Waals surface area (Å²) in [5, 5.41) is 2.88. The quantitative estimate of drug-likeness (QED) is 0.703. The number of hydrogen-bond donors (Lipinski definition) is 1. The first-order valence-corrected chi connectivity index (χ1v) is 10.5. The molecule has 0 radical (unpaired) electrons. The molecule has 0 atom stereocenters. The minimum Gasteiger partial charge on any atom is -0.493 e. The molecule has 0 aliphatic carbocycles. The molecule has 0 spiro atoms. The number of benzene rings is 2. The van der Waals surface area contributed by atoms with Crippen LogP contribution in [0.2, 0.25) is 0 Å². The standard InChI is InChI=1S/C23H27N3O6/c1-29-20-5-3-16(13-21(20)30-2)23(28)24-17-4-6-19-18(14-17)26(22(27)15-32-19)8-7-25-9-11-31-12-10-25/h3-6,13-14H,7-12,15H2,1-2H3,(H,24,28). The number of nitrogens with zero attached hydrogens (tertiary/aromatic N) is 2. The zero-order chi connectivity index (χ0) is 22.5. The van der Waals surface area contributed by atoms with Crippen LogP contribution in [0, 0.1) is 0 Å². The lowest BCUT2D eigenvalue weighted by molar-refractivity contribution is -0.121. The Hall–Kier alpha value is -3.30. The minimum atomic E-state index is -0.297. The van der Waals surface area contributed by atoms with Gasteiger partial charge in [-0.05, 0) is 36.4 Å². The summed E-state index contributed by atoms with van der Waals surface area (Å²) in [5.41, 5.74) is 1.65. The average Bonchev–Trinajstić information content (AvgIpc) is 2.83. The van der Waals surface area contributed by atoms with E-state index < -0.39 is 0 Å². The number of hydrogen-bond acceptors (Lipinski definition) is 7. The predicted octanol–water partition coefficient (Wildman–Crippen LogP) is 2.01. The number of rotatable bonds is 7. The Morgan fingerprint density at radius 2 is 1.81 bits per heavy atom. The second-order valence-corrected chi connectivity index (χ2v) is 7.49. The zero-order valence-corrected chi connectivity index (χ0v) is 18.3. The predicted molar refractivity (Wildman–Crippen MR) is 119 cm³/mol. The van der Waals surface area contributed by atoms with Crippen LogP contribution < -0.4 is 24.4 Å². The fourth-order valence-electron chi connectivity index (χ4n) is 3.77. The molecule has 1 fully saturated rings. The van der Waals surface area contributed by atoms with Crippen LogP contribution in [0.4, 0.5) is 11.4 Å². The third-order valence-corrected chi connectivity index (χ3v) is 5.55. The molecule has 2 aliphatic rings. The van der Waals surface area contributed by atoms with Crippen molar-refractivity contribution in [2.75, 3.05) is 70.4 Å². The van der Waals surface area contributed by atoms with Crippen molar-refractivity contribution in [3.05, 3.63) is 42.0 Å². The van der Waals surface area contributed by atoms with E-state index in [4.69, 9.17) is 18.9 Å². The number of morpholine rings is 1. The third-order valence-electron chi connectivity index (χ3n) is 5.55. The molecule has 9 heteroatoms. The lowest BCUT2D eigenvalue weighted by Crippen LogP contribution is -2.45. The molecule has 32 heavy (non-hydrogen) atoms. The first-order chi connectivity index (χ1) is 15.6. The van der Waals surface area contributed by atoms with Gasteiger partial charge in [0.05, 0.1) is 33.1 Å². The molecule has 170 valence electrons. The second-order valence-electron chi connectivity index (χ2n) is 7.49. The summed E-state index contributed by atoms with van der Waals surface area (Å²) < 4.78 is 21.5. The van der Waals surface area contributed by atoms with Crippen LogP contribution >= 0.6 is 0 Å². The van der Waals surface area contributed by atoms with E-state index >= 15 is 0 Å². The summed E-state index contributed by atoms with van der Waals surface area (Å²) in [6.07, 6.45) is 0. The van der Waals surface area contributed by atoms with Gasteiger partial charge in [-0.15, -0.1) is 0 Å². The topological polar surface area (TPSA) is 89.6 Å². The Morgan fingerprint density at radius 3 is 2.56 bits per heavy atom. The number of amides is 2. The van der Waals surface area contributed by atoms with E-state index in [-0.39, 0.29) is 18.4 Å². The summed E-state index contributed by atoms with van der Waals surface area (Å²) in [6, 6.07) is 10.3. The molecule has 2 aliphatic heterocycles. The molecule has 0 aromatic heterocycles. The summed E-state index contributed by atoms with van der Waals surface area (Å²) in [7, 11) is 3.06. The van der Waals surface area contributed by atoms with E-state index in [0.29, 0.717) is 53.9 Å². The van der Waals surface area contributed by atoms with Gasteiger partial charge >= 0.3 is 0 Å². The molecule has 4 rings (SSSR count). The Bertz CT molecular complexity index is 990. The highest BCUT2D eigenvalue weighted by Crippen LogP contribution is 2.35. The molecule has 2 aromatic rings. The van der Waals surface area contributed by atoms with Crippen molar-refractivity contribution in [3.63, 3.8) is 0 Å². The lowest BCUT2D eigenvalue weighted by atomic mass is 10.1. The van der Waals surface area contributed by atoms with E-state index in [1.807, 2.05) is 0 Å². The number of carbonyl (C=O) groups excluding carboxylic acids is 2. The molecule has 1 N–H and O–H groups in total. The van der Waals surface area contributed by atoms with E-state index in [1.165, 1.54) is 7.11 Å². The van der Waals surface area contributed by atoms with Gasteiger partial charge in [0.1, 0.15) is 5.75 Å². The van der Waals surface area contributed by atoms with Crippen molar-refractivity contribution in [2.45, 2.75) is 0 Å². The number of methoxy groups -OCH3 is 2. The van der Waals surface area contributed by atoms with Crippen LogP contribution in [0.1, 0.15) is 10.4 Å². The summed E-state index contributed by atoms with van der Waals surface area (Å²) >= 11 is 0. The van der Waals surface area contributed by atoms with Crippen LogP contribution in [0.3, 0.4) is 0 Å². The highest BCUT2D eigenvalue weighted by atomic mass is 16.5. The molecule has 0 saturated carbocycles. The monoisotopic (exact) mass is 441 g/mol. The van der Waals surface area contributed by atoms with Crippen LogP contribution in [0.15, 0.2) is 36.4 Å². The fourth-order valence-corrected chi connectivity index (χ4v) is 3.77. The Balaban J connectivity index is 1.49. The Labute approximate surface area is 186 Å². The molecule has 0 bridgehead atoms. The van der Waals surface area contributed by atoms with Gasteiger partial charge in [-0.3, -0.25) is 14.5 Å². The largest absolute Gasteiger partial charge is 0.493 e. The minimum absolute atomic E-state index is 0.00740. The highest BCUT2D eigenvalue weighted by molar-refractivity contribution is 6.05. The van der Waals surface area contributed by atoms with Crippen molar-refractivity contribution >= 4 is 23.2 Å². The van der Waals surface area contributed by atoms with Crippen molar-refractivity contribution in [2.24, 2.45) is 0 Å². The number of nitrogens with one attached hydrogen (secondary N) is 1. The molecule has 9 nitrogen and oxygen atoms in total. The summed E-state index contributed by atoms with van der Waals surface area (Å²) in [5.74, 6) is 1.24. The summed E-state index contributed by atoms with van der Waals surface area (Å²) in [6.45, 7) is 4.42. The maximum atomic E-state index is 12.8. The van der Waals surface area contributed by atoms with Crippen LogP contribution in [0.25, 0.3) is 0 Å². The first-order valence-electron chi connectivity index (χ1n) is 10.5. The van der Waals surface area contributed by atoms with E-state index in [2.05, 4.69) is 10.2 Å². The zero-order valence-electron chi connectivity index (χ0n) is 18.3. The van der Waals surface area contributed by atoms with Gasteiger partial charge in [0, 0.05) is 37.4 Å². The number of ether oxygens (including phenoxy) is 4. The van der Waals surface area contributed by atoms with Crippen LogP contribution in [-0.2, 0) is 9.53 Å². The van der Waals surface area contributed by atoms with Gasteiger partial charge in [-0.1, -0.05) is 0 Å². The second kappa shape index (κ2) is 9.88. The smallest absolute Gasteiger partial charge is 0.265 e. The molecule has 2 aromatic carbocycles. The van der Waals surface area contributed by atoms with Crippen molar-refractivity contribution in [3.8, 4) is 17.2 Å². The first kappa shape index (κ1) is 21.9. The van der Waals surface area contributed by atoms with Gasteiger partial charge < -0.3 is 29.2 Å². The SMILES string of the molecule is COc1ccc(C(=O)Nc2ccc3c(c2)N(CCN2CCOCC2)C(=O)CO3)cc1OC. The Morgan fingerprint density at radius 1 is 1.03 bits per heavy atom. The van der Waals surface area contributed by atoms with Crippen molar-refractivity contribution in [1.82, 2.24) is 4.90 Å². The van der Waals surface area contributed by atoms with Gasteiger partial charge in [0.15, 0.2) is 18.1 Å². The van der Waals surface area contributed by atoms with Gasteiger partial charge in [0.2, 0.25) is 0 Å². The van der Waals surface area contributed by atoms with Gasteiger partial charge in [-0.25, -0.2) is 0 Å². The Kier molecular flexibility index (Phi) is 6.77. The highest BCUT2D eigenvalue weighted by Gasteiger charge is 2.27. The molecular weight excluding hydrogens is 414 g/mol. The molecule has 1 saturated heterocycles. The van der Waals surface area contributed by atoms with Gasteiger partial charge in [0.25, 0.3) is 11.8 Å². The van der Waals surface area contributed by atoms with Gasteiger partial charge in [-0.2, -0.15) is 0 Å². The summed E-state index contributed by atoms with van der Waals surface area (Å²) in [4.78, 5) is 29.3. The lowest BCUT2D eigenvalue weighted by Gasteiger charge is -2.33. The van der Waals surface area contributed by atoms with Crippen molar-refractivity contribution in [1.29, 1.82) is 0 Å². The number of carbonyl (C=O) groups is 2. The molecular formula is C23H27N3O6. The van der Waals surface area contributed by atoms with Crippen LogP contribution in [-0.4, -0.2) is 76.9 Å². The number of fused-ring (bicyclic) bond motifs is 1. The molecule has 0 unspecified atom stereocenters. The maximum absolute atomic E-state index is 12.8. The third kappa shape index (κ3) is 4.79. The molecule has 2 heterocycles. The maximum Gasteiger partial charge on any atom is 0.265 e. The normalized spacial score (nSPS) is 16.2.